The van der Waals surface area contributed by atoms with E-state index in [1.165, 1.54) is 30.3 Å². The molecule has 0 saturated carbocycles. The molecule has 2 aromatic rings. The van der Waals surface area contributed by atoms with Crippen LogP contribution in [0.25, 0.3) is 0 Å². The first-order valence-corrected chi connectivity index (χ1v) is 8.75. The average molecular weight is 394 g/mol. The van der Waals surface area contributed by atoms with E-state index >= 15 is 0 Å². The van der Waals surface area contributed by atoms with Crippen molar-refractivity contribution < 1.29 is 29.1 Å². The van der Waals surface area contributed by atoms with Crippen molar-refractivity contribution in [2.24, 2.45) is 0 Å². The number of rotatable bonds is 7. The molecule has 9 nitrogen and oxygen atoms in total. The summed E-state index contributed by atoms with van der Waals surface area (Å²) in [6.07, 6.45) is -0.107. The molecule has 2 N–H and O–H groups in total. The second-order valence-corrected chi connectivity index (χ2v) is 6.29. The van der Waals surface area contributed by atoms with Crippen molar-refractivity contribution in [2.45, 2.75) is 19.3 Å². The Labute approximate surface area is 165 Å². The van der Waals surface area contributed by atoms with Gasteiger partial charge in [0.1, 0.15) is 0 Å². The molecule has 0 aliphatic carbocycles. The highest BCUT2D eigenvalue weighted by Gasteiger charge is 2.36. The lowest BCUT2D eigenvalue weighted by Gasteiger charge is -2.15. The maximum Gasteiger partial charge on any atom is 0.280 e. The Balaban J connectivity index is 1.64. The van der Waals surface area contributed by atoms with E-state index in [2.05, 4.69) is 10.7 Å². The van der Waals surface area contributed by atoms with Crippen LogP contribution in [0.4, 0.5) is 5.69 Å². The van der Waals surface area contributed by atoms with Crippen LogP contribution in [0.1, 0.15) is 50.3 Å². The standard InChI is InChI=1S/C20H17N3O6/c24-16(9-4-10-17(25)26)21-13-6-3-5-12(11-13)18(27)22-23-19(28)14-7-1-2-8-15(14)20(23)29/h1-3,5-8,11H,4,9-10H2,(H,21,24)(H,22,27)(H,25,26)/p-1. The maximum absolute atomic E-state index is 12.5. The molecule has 4 amide bonds. The highest BCUT2D eigenvalue weighted by Crippen LogP contribution is 2.21. The van der Waals surface area contributed by atoms with E-state index in [0.717, 1.165) is 0 Å². The quantitative estimate of drug-likeness (QED) is 0.656. The zero-order valence-corrected chi connectivity index (χ0v) is 15.1. The molecule has 0 fully saturated rings. The van der Waals surface area contributed by atoms with E-state index in [9.17, 15) is 29.1 Å². The third-order valence-electron chi connectivity index (χ3n) is 4.20. The Morgan fingerprint density at radius 1 is 0.897 bits per heavy atom. The van der Waals surface area contributed by atoms with Gasteiger partial charge in [-0.15, -0.1) is 0 Å². The van der Waals surface area contributed by atoms with Crippen LogP contribution in [0.3, 0.4) is 0 Å². The van der Waals surface area contributed by atoms with E-state index < -0.39 is 29.6 Å². The Morgan fingerprint density at radius 3 is 2.17 bits per heavy atom. The molecular weight excluding hydrogens is 378 g/mol. The summed E-state index contributed by atoms with van der Waals surface area (Å²) in [4.78, 5) is 59.4. The first-order valence-electron chi connectivity index (χ1n) is 8.75. The Kier molecular flexibility index (Phi) is 5.68. The maximum atomic E-state index is 12.5. The SMILES string of the molecule is O=C([O-])CCCC(=O)Nc1cccc(C(=O)NN2C(=O)c3ccccc3C2=O)c1. The van der Waals surface area contributed by atoms with Crippen molar-refractivity contribution in [3.05, 3.63) is 65.2 Å². The number of amides is 4. The molecule has 9 heteroatoms. The fraction of sp³-hybridized carbons (Fsp3) is 0.150. The molecule has 0 atom stereocenters. The van der Waals surface area contributed by atoms with Gasteiger partial charge in [0, 0.05) is 23.6 Å². The summed E-state index contributed by atoms with van der Waals surface area (Å²) in [5.74, 6) is -3.60. The van der Waals surface area contributed by atoms with Gasteiger partial charge in [-0.25, -0.2) is 0 Å². The zero-order valence-electron chi connectivity index (χ0n) is 15.1. The number of fused-ring (bicyclic) bond motifs is 1. The summed E-state index contributed by atoms with van der Waals surface area (Å²) >= 11 is 0. The molecule has 0 saturated heterocycles. The van der Waals surface area contributed by atoms with Crippen LogP contribution >= 0.6 is 0 Å². The first kappa shape index (κ1) is 19.7. The van der Waals surface area contributed by atoms with E-state index in [0.29, 0.717) is 10.7 Å². The lowest BCUT2D eigenvalue weighted by Crippen LogP contribution is -2.45. The minimum absolute atomic E-state index is 0.0144. The highest BCUT2D eigenvalue weighted by atomic mass is 16.4. The van der Waals surface area contributed by atoms with Crippen LogP contribution in [0.5, 0.6) is 0 Å². The Morgan fingerprint density at radius 2 is 1.55 bits per heavy atom. The molecule has 0 unspecified atom stereocenters. The summed E-state index contributed by atoms with van der Waals surface area (Å²) in [6.45, 7) is 0. The van der Waals surface area contributed by atoms with Crippen LogP contribution in [-0.4, -0.2) is 34.6 Å². The number of nitrogens with one attached hydrogen (secondary N) is 2. The molecule has 148 valence electrons. The van der Waals surface area contributed by atoms with Gasteiger partial charge in [0.05, 0.1) is 11.1 Å². The molecule has 3 rings (SSSR count). The van der Waals surface area contributed by atoms with Crippen molar-refractivity contribution >= 4 is 35.3 Å². The van der Waals surface area contributed by atoms with Gasteiger partial charge in [-0.2, -0.15) is 5.01 Å². The van der Waals surface area contributed by atoms with Gasteiger partial charge in [-0.3, -0.25) is 24.6 Å². The van der Waals surface area contributed by atoms with E-state index in [4.69, 9.17) is 0 Å². The van der Waals surface area contributed by atoms with Gasteiger partial charge in [0.15, 0.2) is 0 Å². The van der Waals surface area contributed by atoms with Crippen molar-refractivity contribution in [1.82, 2.24) is 10.4 Å². The minimum atomic E-state index is -1.23. The smallest absolute Gasteiger partial charge is 0.280 e. The number of nitrogens with zero attached hydrogens (tertiary/aromatic N) is 1. The largest absolute Gasteiger partial charge is 0.550 e. The van der Waals surface area contributed by atoms with Gasteiger partial charge in [-0.05, 0) is 43.2 Å². The van der Waals surface area contributed by atoms with Crippen LogP contribution in [0.15, 0.2) is 48.5 Å². The topological polar surface area (TPSA) is 136 Å². The van der Waals surface area contributed by atoms with E-state index in [1.807, 2.05) is 0 Å². The number of anilines is 1. The summed E-state index contributed by atoms with van der Waals surface area (Å²) in [5.41, 5.74) is 3.12. The van der Waals surface area contributed by atoms with Crippen molar-refractivity contribution in [2.75, 3.05) is 5.32 Å². The fourth-order valence-corrected chi connectivity index (χ4v) is 2.81. The normalized spacial score (nSPS) is 12.5. The minimum Gasteiger partial charge on any atom is -0.550 e. The van der Waals surface area contributed by atoms with E-state index in [-0.39, 0.29) is 36.0 Å². The van der Waals surface area contributed by atoms with Crippen LogP contribution in [0, 0.1) is 0 Å². The van der Waals surface area contributed by atoms with Crippen LogP contribution in [-0.2, 0) is 9.59 Å². The Hall–Kier alpha value is -4.01. The number of carboxylic acids is 1. The van der Waals surface area contributed by atoms with Gasteiger partial charge in [0.2, 0.25) is 5.91 Å². The molecular formula is C20H16N3O6-. The predicted octanol–water partition coefficient (Wildman–Crippen LogP) is 0.486. The van der Waals surface area contributed by atoms with Gasteiger partial charge >= 0.3 is 0 Å². The number of carbonyl (C=O) groups excluding carboxylic acids is 5. The zero-order chi connectivity index (χ0) is 21.0. The third-order valence-corrected chi connectivity index (χ3v) is 4.20. The molecule has 1 aliphatic heterocycles. The monoisotopic (exact) mass is 394 g/mol. The number of carbonyl (C=O) groups is 5. The number of hydrogen-bond donors (Lipinski definition) is 2. The summed E-state index contributed by atoms with van der Waals surface area (Å²) in [6, 6.07) is 12.1. The van der Waals surface area contributed by atoms with E-state index in [1.54, 1.807) is 18.2 Å². The van der Waals surface area contributed by atoms with Crippen LogP contribution in [0.2, 0.25) is 0 Å². The number of benzene rings is 2. The van der Waals surface area contributed by atoms with Crippen molar-refractivity contribution in [3.8, 4) is 0 Å². The molecule has 29 heavy (non-hydrogen) atoms. The number of carboxylic acid groups (broad SMARTS) is 1. The molecule has 0 aromatic heterocycles. The Bertz CT molecular complexity index is 982. The van der Waals surface area contributed by atoms with Gasteiger partial charge in [-0.1, -0.05) is 18.2 Å². The predicted molar refractivity (Wildman–Crippen MR) is 98.3 cm³/mol. The average Bonchev–Trinajstić information content (AvgIpc) is 2.93. The second kappa shape index (κ2) is 8.34. The first-order chi connectivity index (χ1) is 13.9. The lowest BCUT2D eigenvalue weighted by atomic mass is 10.1. The van der Waals surface area contributed by atoms with Crippen LogP contribution < -0.4 is 15.8 Å². The molecule has 1 aliphatic rings. The molecule has 0 bridgehead atoms. The molecule has 0 spiro atoms. The summed E-state index contributed by atoms with van der Waals surface area (Å²) in [7, 11) is 0. The third kappa shape index (κ3) is 4.46. The fourth-order valence-electron chi connectivity index (χ4n) is 2.81. The summed E-state index contributed by atoms with van der Waals surface area (Å²) in [5, 5.41) is 13.6. The molecule has 2 aromatic carbocycles. The second-order valence-electron chi connectivity index (χ2n) is 6.29. The summed E-state index contributed by atoms with van der Waals surface area (Å²) < 4.78 is 0. The molecule has 1 heterocycles. The van der Waals surface area contributed by atoms with Gasteiger partial charge in [0.25, 0.3) is 17.7 Å². The number of hydrogen-bond acceptors (Lipinski definition) is 6. The van der Waals surface area contributed by atoms with Crippen molar-refractivity contribution in [3.63, 3.8) is 0 Å². The van der Waals surface area contributed by atoms with Crippen molar-refractivity contribution in [1.29, 1.82) is 0 Å². The highest BCUT2D eigenvalue weighted by molar-refractivity contribution is 6.22. The number of hydrazine groups is 1. The number of aliphatic carboxylic acids is 1. The van der Waals surface area contributed by atoms with Gasteiger partial charge < -0.3 is 15.2 Å². The lowest BCUT2D eigenvalue weighted by molar-refractivity contribution is -0.305. The number of imide groups is 1. The molecule has 0 radical (unpaired) electrons.